The largest absolute Gasteiger partial charge is 0.477 e. The Balaban J connectivity index is 1.82. The molecule has 1 saturated heterocycles. The van der Waals surface area contributed by atoms with E-state index in [1.807, 2.05) is 26.0 Å². The number of carboxylic acid groups (broad SMARTS) is 1. The number of pyridine rings is 1. The normalized spacial score (nSPS) is 25.7. The van der Waals surface area contributed by atoms with Gasteiger partial charge >= 0.3 is 5.97 Å². The molecule has 2 aliphatic rings. The number of rotatable bonds is 7. The highest BCUT2D eigenvalue weighted by Crippen LogP contribution is 2.52. The molecule has 2 aliphatic heterocycles. The summed E-state index contributed by atoms with van der Waals surface area (Å²) in [4.78, 5) is 42.1. The second-order valence-electron chi connectivity index (χ2n) is 7.06. The minimum Gasteiger partial charge on any atom is -0.477 e. The van der Waals surface area contributed by atoms with Crippen LogP contribution in [0.3, 0.4) is 0 Å². The molecule has 0 unspecified atom stereocenters. The van der Waals surface area contributed by atoms with Crippen LogP contribution in [0.1, 0.15) is 32.8 Å². The van der Waals surface area contributed by atoms with Crippen LogP contribution in [0.15, 0.2) is 35.1 Å². The van der Waals surface area contributed by atoms with Gasteiger partial charge in [0.2, 0.25) is 5.91 Å². The molecule has 6 nitrogen and oxygen atoms in total. The van der Waals surface area contributed by atoms with Gasteiger partial charge in [-0.3, -0.25) is 9.78 Å². The molecule has 0 saturated carbocycles. The lowest BCUT2D eigenvalue weighted by atomic mass is 9.73. The number of nitrogens with zero attached hydrogens (tertiary/aromatic N) is 2. The van der Waals surface area contributed by atoms with Crippen LogP contribution >= 0.6 is 11.8 Å². The highest BCUT2D eigenvalue weighted by atomic mass is 32.2. The zero-order valence-electron chi connectivity index (χ0n) is 15.0. The van der Waals surface area contributed by atoms with E-state index >= 15 is 0 Å². The predicted molar refractivity (Wildman–Crippen MR) is 97.9 cm³/mol. The SMILES string of the molecule is CC(=O)C[C@H](C)[C@H]1C(=O)N2C(C(=O)O)=C(SCc3cccnc3)[C@H](C)[C@H]12. The summed E-state index contributed by atoms with van der Waals surface area (Å²) in [5.41, 5.74) is 1.11. The highest BCUT2D eigenvalue weighted by Gasteiger charge is 2.59. The molecule has 26 heavy (non-hydrogen) atoms. The molecule has 0 aromatic carbocycles. The summed E-state index contributed by atoms with van der Waals surface area (Å²) in [6.07, 6.45) is 3.79. The molecule has 7 heteroatoms. The van der Waals surface area contributed by atoms with Gasteiger partial charge in [-0.1, -0.05) is 19.9 Å². The third kappa shape index (κ3) is 3.16. The first-order valence-electron chi connectivity index (χ1n) is 8.64. The van der Waals surface area contributed by atoms with Gasteiger partial charge in [0, 0.05) is 35.4 Å². The van der Waals surface area contributed by atoms with Crippen molar-refractivity contribution in [2.24, 2.45) is 17.8 Å². The Bertz CT molecular complexity index is 777. The lowest BCUT2D eigenvalue weighted by molar-refractivity contribution is -0.160. The molecule has 1 aromatic rings. The minimum atomic E-state index is -1.07. The number of β-lactam (4-membered cyclic amide) rings is 1. The Morgan fingerprint density at radius 1 is 1.42 bits per heavy atom. The van der Waals surface area contributed by atoms with E-state index in [0.717, 1.165) is 10.5 Å². The molecule has 138 valence electrons. The van der Waals surface area contributed by atoms with Gasteiger partial charge in [-0.15, -0.1) is 11.8 Å². The predicted octanol–water partition coefficient (Wildman–Crippen LogP) is 2.70. The Morgan fingerprint density at radius 3 is 2.73 bits per heavy atom. The van der Waals surface area contributed by atoms with Crippen molar-refractivity contribution < 1.29 is 19.5 Å². The van der Waals surface area contributed by atoms with Crippen LogP contribution in [-0.2, 0) is 20.1 Å². The third-order valence-corrected chi connectivity index (χ3v) is 6.48. The molecule has 0 aliphatic carbocycles. The molecule has 4 atom stereocenters. The van der Waals surface area contributed by atoms with Crippen molar-refractivity contribution in [2.75, 3.05) is 0 Å². The van der Waals surface area contributed by atoms with Crippen LogP contribution < -0.4 is 0 Å². The quantitative estimate of drug-likeness (QED) is 0.739. The molecule has 3 heterocycles. The van der Waals surface area contributed by atoms with Gasteiger partial charge in [-0.05, 0) is 24.5 Å². The van der Waals surface area contributed by atoms with E-state index in [1.54, 1.807) is 12.4 Å². The van der Waals surface area contributed by atoms with Crippen LogP contribution in [0.4, 0.5) is 0 Å². The summed E-state index contributed by atoms with van der Waals surface area (Å²) >= 11 is 1.46. The highest BCUT2D eigenvalue weighted by molar-refractivity contribution is 8.02. The molecule has 1 aromatic heterocycles. The van der Waals surface area contributed by atoms with Crippen molar-refractivity contribution in [3.63, 3.8) is 0 Å². The molecule has 1 N–H and O–H groups in total. The lowest BCUT2D eigenvalue weighted by Gasteiger charge is -2.47. The number of hydrogen-bond acceptors (Lipinski definition) is 5. The van der Waals surface area contributed by atoms with Gasteiger partial charge in [-0.25, -0.2) is 4.79 Å². The molecule has 1 amide bonds. The van der Waals surface area contributed by atoms with E-state index in [1.165, 1.54) is 23.6 Å². The summed E-state index contributed by atoms with van der Waals surface area (Å²) in [5, 5.41) is 9.68. The van der Waals surface area contributed by atoms with Gasteiger partial charge < -0.3 is 14.8 Å². The third-order valence-electron chi connectivity index (χ3n) is 5.13. The fraction of sp³-hybridized carbons (Fsp3) is 0.474. The van der Waals surface area contributed by atoms with Gasteiger partial charge in [0.25, 0.3) is 0 Å². The zero-order chi connectivity index (χ0) is 19.0. The van der Waals surface area contributed by atoms with Gasteiger partial charge in [0.1, 0.15) is 11.5 Å². The molecule has 0 spiro atoms. The van der Waals surface area contributed by atoms with Crippen LogP contribution in [-0.4, -0.2) is 38.7 Å². The first-order chi connectivity index (χ1) is 12.3. The monoisotopic (exact) mass is 374 g/mol. The zero-order valence-corrected chi connectivity index (χ0v) is 15.8. The molecule has 0 radical (unpaired) electrons. The van der Waals surface area contributed by atoms with Crippen LogP contribution in [0.2, 0.25) is 0 Å². The van der Waals surface area contributed by atoms with E-state index in [2.05, 4.69) is 4.98 Å². The average Bonchev–Trinajstić information content (AvgIpc) is 2.82. The molecule has 3 rings (SSSR count). The van der Waals surface area contributed by atoms with Gasteiger partial charge in [-0.2, -0.15) is 0 Å². The van der Waals surface area contributed by atoms with E-state index in [-0.39, 0.29) is 41.2 Å². The maximum absolute atomic E-state index is 12.6. The molecule has 0 bridgehead atoms. The van der Waals surface area contributed by atoms with Crippen LogP contribution in [0.5, 0.6) is 0 Å². The fourth-order valence-electron chi connectivity index (χ4n) is 4.03. The van der Waals surface area contributed by atoms with Gasteiger partial charge in [0.15, 0.2) is 0 Å². The van der Waals surface area contributed by atoms with Crippen LogP contribution in [0, 0.1) is 17.8 Å². The maximum atomic E-state index is 12.6. The fourth-order valence-corrected chi connectivity index (χ4v) is 5.25. The summed E-state index contributed by atoms with van der Waals surface area (Å²) in [6, 6.07) is 3.62. The van der Waals surface area contributed by atoms with Crippen molar-refractivity contribution in [1.82, 2.24) is 9.88 Å². The molecular weight excluding hydrogens is 352 g/mol. The summed E-state index contributed by atoms with van der Waals surface area (Å²) in [6.45, 7) is 5.39. The van der Waals surface area contributed by atoms with Crippen molar-refractivity contribution in [2.45, 2.75) is 39.0 Å². The number of Topliss-reactive ketones (excluding diaryl/α,β-unsaturated/α-hetero) is 1. The second-order valence-corrected chi connectivity index (χ2v) is 8.08. The number of aliphatic carboxylic acids is 1. The Labute approximate surface area is 156 Å². The van der Waals surface area contributed by atoms with Crippen molar-refractivity contribution in [3.05, 3.63) is 40.7 Å². The summed E-state index contributed by atoms with van der Waals surface area (Å²) in [7, 11) is 0. The van der Waals surface area contributed by atoms with E-state index in [0.29, 0.717) is 12.2 Å². The van der Waals surface area contributed by atoms with Crippen molar-refractivity contribution in [3.8, 4) is 0 Å². The van der Waals surface area contributed by atoms with E-state index in [9.17, 15) is 19.5 Å². The number of amides is 1. The Morgan fingerprint density at radius 2 is 2.15 bits per heavy atom. The van der Waals surface area contributed by atoms with Gasteiger partial charge in [0.05, 0.1) is 12.0 Å². The number of aromatic nitrogens is 1. The second kappa shape index (κ2) is 7.23. The number of fused-ring (bicyclic) bond motifs is 1. The van der Waals surface area contributed by atoms with Crippen molar-refractivity contribution >= 4 is 29.4 Å². The number of carbonyl (C=O) groups excluding carboxylic acids is 2. The van der Waals surface area contributed by atoms with Crippen molar-refractivity contribution in [1.29, 1.82) is 0 Å². The first kappa shape index (κ1) is 18.6. The Kier molecular flexibility index (Phi) is 5.18. The number of thioether (sulfide) groups is 1. The van der Waals surface area contributed by atoms with E-state index < -0.39 is 5.97 Å². The lowest BCUT2D eigenvalue weighted by Crippen LogP contribution is -2.62. The smallest absolute Gasteiger partial charge is 0.353 e. The standard InChI is InChI=1S/C19H22N2O4S/c1-10(7-11(2)22)14-15-12(3)17(16(19(24)25)21(15)18(14)23)26-9-13-5-4-6-20-8-13/h4-6,8,10,12,14-15H,7,9H2,1-3H3,(H,24,25)/t10-,12+,14+,15+/m0/s1. The average molecular weight is 374 g/mol. The molecular formula is C19H22N2O4S. The number of carboxylic acids is 1. The summed E-state index contributed by atoms with van der Waals surface area (Å²) in [5.74, 6) is -1.02. The maximum Gasteiger partial charge on any atom is 0.353 e. The number of carbonyl (C=O) groups is 3. The van der Waals surface area contributed by atoms with Crippen LogP contribution in [0.25, 0.3) is 0 Å². The first-order valence-corrected chi connectivity index (χ1v) is 9.63. The number of hydrogen-bond donors (Lipinski definition) is 1. The summed E-state index contributed by atoms with van der Waals surface area (Å²) < 4.78 is 0. The van der Waals surface area contributed by atoms with E-state index in [4.69, 9.17) is 0 Å². The number of ketones is 1. The molecule has 1 fully saturated rings. The Hall–Kier alpha value is -2.15. The topological polar surface area (TPSA) is 87.6 Å². The minimum absolute atomic E-state index is 0.0481.